The van der Waals surface area contributed by atoms with Crippen molar-refractivity contribution in [1.82, 2.24) is 5.32 Å². The second kappa shape index (κ2) is 7.28. The average Bonchev–Trinajstić information content (AvgIpc) is 2.29. The number of halogens is 1. The van der Waals surface area contributed by atoms with Crippen molar-refractivity contribution in [3.63, 3.8) is 0 Å². The van der Waals surface area contributed by atoms with E-state index < -0.39 is 0 Å². The highest BCUT2D eigenvalue weighted by Gasteiger charge is 2.24. The van der Waals surface area contributed by atoms with Crippen LogP contribution in [0.4, 0.5) is 0 Å². The molecule has 0 aromatic heterocycles. The Morgan fingerprint density at radius 2 is 2.25 bits per heavy atom. The minimum atomic E-state index is -0.217. The predicted molar refractivity (Wildman–Crippen MR) is 68.8 cm³/mol. The highest BCUT2D eigenvalue weighted by atomic mass is 79.9. The monoisotopic (exact) mass is 291 g/mol. The molecule has 3 nitrogen and oxygen atoms in total. The highest BCUT2D eigenvalue weighted by molar-refractivity contribution is 9.09. The van der Waals surface area contributed by atoms with Gasteiger partial charge in [0.1, 0.15) is 6.10 Å². The Hall–Kier alpha value is -0.0900. The highest BCUT2D eigenvalue weighted by Crippen LogP contribution is 2.14. The number of nitrogens with one attached hydrogen (secondary N) is 1. The van der Waals surface area contributed by atoms with Gasteiger partial charge in [-0.05, 0) is 31.6 Å². The Morgan fingerprint density at radius 3 is 2.75 bits per heavy atom. The van der Waals surface area contributed by atoms with Gasteiger partial charge in [-0.3, -0.25) is 4.79 Å². The number of rotatable bonds is 5. The van der Waals surface area contributed by atoms with E-state index in [4.69, 9.17) is 4.74 Å². The summed E-state index contributed by atoms with van der Waals surface area (Å²) < 4.78 is 5.47. The topological polar surface area (TPSA) is 38.3 Å². The molecule has 1 aliphatic rings. The van der Waals surface area contributed by atoms with Crippen LogP contribution in [0.5, 0.6) is 0 Å². The van der Waals surface area contributed by atoms with E-state index in [2.05, 4.69) is 35.1 Å². The van der Waals surface area contributed by atoms with E-state index in [0.717, 1.165) is 37.6 Å². The molecule has 16 heavy (non-hydrogen) atoms. The van der Waals surface area contributed by atoms with Gasteiger partial charge in [0.2, 0.25) is 5.91 Å². The maximum Gasteiger partial charge on any atom is 0.249 e. The van der Waals surface area contributed by atoms with Gasteiger partial charge in [-0.25, -0.2) is 0 Å². The molecule has 1 rings (SSSR count). The summed E-state index contributed by atoms with van der Waals surface area (Å²) in [6.45, 7) is 4.99. The van der Waals surface area contributed by atoms with E-state index in [0.29, 0.717) is 5.92 Å². The molecule has 1 heterocycles. The van der Waals surface area contributed by atoms with Gasteiger partial charge < -0.3 is 10.1 Å². The molecule has 0 aromatic rings. The molecule has 0 aromatic carbocycles. The van der Waals surface area contributed by atoms with Crippen molar-refractivity contribution < 1.29 is 9.53 Å². The van der Waals surface area contributed by atoms with Gasteiger partial charge in [0, 0.05) is 18.0 Å². The first-order valence-electron chi connectivity index (χ1n) is 6.13. The van der Waals surface area contributed by atoms with Crippen LogP contribution in [0.2, 0.25) is 0 Å². The van der Waals surface area contributed by atoms with Crippen molar-refractivity contribution in [2.24, 2.45) is 5.92 Å². The molecule has 94 valence electrons. The molecule has 1 aliphatic heterocycles. The third-order valence-electron chi connectivity index (χ3n) is 3.02. The number of amides is 1. The van der Waals surface area contributed by atoms with Crippen molar-refractivity contribution in [3.8, 4) is 0 Å². The molecule has 0 aliphatic carbocycles. The molecule has 1 amide bonds. The van der Waals surface area contributed by atoms with Crippen LogP contribution in [-0.4, -0.2) is 30.0 Å². The van der Waals surface area contributed by atoms with Gasteiger partial charge in [-0.15, -0.1) is 0 Å². The summed E-state index contributed by atoms with van der Waals surface area (Å²) in [6.07, 6.45) is 3.80. The molecular weight excluding hydrogens is 270 g/mol. The van der Waals surface area contributed by atoms with Gasteiger partial charge in [-0.2, -0.15) is 0 Å². The number of carbonyl (C=O) groups is 1. The van der Waals surface area contributed by atoms with E-state index >= 15 is 0 Å². The van der Waals surface area contributed by atoms with Gasteiger partial charge >= 0.3 is 0 Å². The first-order chi connectivity index (χ1) is 7.65. The summed E-state index contributed by atoms with van der Waals surface area (Å²) in [7, 11) is 0. The van der Waals surface area contributed by atoms with Crippen LogP contribution < -0.4 is 5.32 Å². The zero-order chi connectivity index (χ0) is 12.0. The van der Waals surface area contributed by atoms with Gasteiger partial charge in [0.05, 0.1) is 0 Å². The average molecular weight is 292 g/mol. The van der Waals surface area contributed by atoms with Crippen molar-refractivity contribution in [1.29, 1.82) is 0 Å². The van der Waals surface area contributed by atoms with Gasteiger partial charge in [0.25, 0.3) is 0 Å². The van der Waals surface area contributed by atoms with Crippen molar-refractivity contribution in [2.45, 2.75) is 51.7 Å². The lowest BCUT2D eigenvalue weighted by Crippen LogP contribution is -2.45. The molecule has 4 heteroatoms. The molecule has 0 spiro atoms. The van der Waals surface area contributed by atoms with Crippen LogP contribution in [0.15, 0.2) is 0 Å². The van der Waals surface area contributed by atoms with Crippen LogP contribution in [0.25, 0.3) is 0 Å². The molecule has 0 radical (unpaired) electrons. The second-order valence-corrected chi connectivity index (χ2v) is 5.48. The Bertz CT molecular complexity index is 215. The fourth-order valence-corrected chi connectivity index (χ4v) is 2.41. The molecule has 0 saturated carbocycles. The molecule has 0 bridgehead atoms. The quantitative estimate of drug-likeness (QED) is 0.791. The zero-order valence-corrected chi connectivity index (χ0v) is 11.8. The number of hydrogen-bond acceptors (Lipinski definition) is 2. The van der Waals surface area contributed by atoms with Gasteiger partial charge in [-0.1, -0.05) is 29.8 Å². The smallest absolute Gasteiger partial charge is 0.249 e. The third kappa shape index (κ3) is 4.42. The Kier molecular flexibility index (Phi) is 6.36. The maximum absolute atomic E-state index is 11.9. The summed E-state index contributed by atoms with van der Waals surface area (Å²) in [4.78, 5) is 11.9. The lowest BCUT2D eigenvalue weighted by Gasteiger charge is -2.27. The normalized spacial score (nSPS) is 23.1. The second-order valence-electron chi connectivity index (χ2n) is 4.69. The van der Waals surface area contributed by atoms with Crippen LogP contribution in [-0.2, 0) is 9.53 Å². The standard InChI is InChI=1S/C12H22BrNO2/c1-9(2)10(6-7-13)14-12(15)11-5-3-4-8-16-11/h9-11H,3-8H2,1-2H3,(H,14,15). The number of ether oxygens (including phenoxy) is 1. The van der Waals surface area contributed by atoms with E-state index in [1.54, 1.807) is 0 Å². The number of carbonyl (C=O) groups excluding carboxylic acids is 1. The van der Waals surface area contributed by atoms with E-state index in [1.165, 1.54) is 0 Å². The Morgan fingerprint density at radius 1 is 1.50 bits per heavy atom. The molecule has 2 unspecified atom stereocenters. The summed E-state index contributed by atoms with van der Waals surface area (Å²) in [5, 5.41) is 4.01. The fourth-order valence-electron chi connectivity index (χ4n) is 1.91. The number of alkyl halides is 1. The SMILES string of the molecule is CC(C)C(CCBr)NC(=O)C1CCCCO1. The summed E-state index contributed by atoms with van der Waals surface area (Å²) in [6, 6.07) is 0.248. The van der Waals surface area contributed by atoms with E-state index in [-0.39, 0.29) is 18.1 Å². The summed E-state index contributed by atoms with van der Waals surface area (Å²) in [5.74, 6) is 0.532. The zero-order valence-electron chi connectivity index (χ0n) is 10.2. The first-order valence-corrected chi connectivity index (χ1v) is 7.25. The van der Waals surface area contributed by atoms with E-state index in [9.17, 15) is 4.79 Å². The van der Waals surface area contributed by atoms with Crippen LogP contribution in [0.1, 0.15) is 39.5 Å². The van der Waals surface area contributed by atoms with E-state index in [1.807, 2.05) is 0 Å². The van der Waals surface area contributed by atoms with Crippen LogP contribution in [0, 0.1) is 5.92 Å². The predicted octanol–water partition coefficient (Wildman–Crippen LogP) is 2.48. The first kappa shape index (κ1) is 14.0. The molecular formula is C12H22BrNO2. The van der Waals surface area contributed by atoms with Crippen molar-refractivity contribution in [2.75, 3.05) is 11.9 Å². The van der Waals surface area contributed by atoms with Crippen molar-refractivity contribution in [3.05, 3.63) is 0 Å². The van der Waals surface area contributed by atoms with Crippen LogP contribution >= 0.6 is 15.9 Å². The molecule has 2 atom stereocenters. The summed E-state index contributed by atoms with van der Waals surface area (Å²) in [5.41, 5.74) is 0. The molecule has 1 N–H and O–H groups in total. The maximum atomic E-state index is 11.9. The Balaban J connectivity index is 2.40. The lowest BCUT2D eigenvalue weighted by molar-refractivity contribution is -0.136. The number of hydrogen-bond donors (Lipinski definition) is 1. The molecule has 1 fully saturated rings. The fraction of sp³-hybridized carbons (Fsp3) is 0.917. The van der Waals surface area contributed by atoms with Crippen molar-refractivity contribution >= 4 is 21.8 Å². The minimum Gasteiger partial charge on any atom is -0.368 e. The third-order valence-corrected chi connectivity index (χ3v) is 3.48. The Labute approximate surface area is 106 Å². The lowest BCUT2D eigenvalue weighted by atomic mass is 10.0. The summed E-state index contributed by atoms with van der Waals surface area (Å²) >= 11 is 3.42. The van der Waals surface area contributed by atoms with Crippen LogP contribution in [0.3, 0.4) is 0 Å². The molecule has 1 saturated heterocycles. The largest absolute Gasteiger partial charge is 0.368 e. The van der Waals surface area contributed by atoms with Gasteiger partial charge in [0.15, 0.2) is 0 Å². The minimum absolute atomic E-state index is 0.0688.